The first-order valence-electron chi connectivity index (χ1n) is 12.6. The third kappa shape index (κ3) is 5.75. The van der Waals surface area contributed by atoms with Gasteiger partial charge in [0.1, 0.15) is 0 Å². The average Bonchev–Trinajstić information content (AvgIpc) is 3.65. The number of aromatic nitrogens is 2. The maximum absolute atomic E-state index is 12.6. The minimum Gasteiger partial charge on any atom is -0.396 e. The van der Waals surface area contributed by atoms with E-state index in [0.29, 0.717) is 11.2 Å². The van der Waals surface area contributed by atoms with Gasteiger partial charge in [0.05, 0.1) is 35.4 Å². The number of pyridine rings is 1. The number of ether oxygens (including phenoxy) is 1. The van der Waals surface area contributed by atoms with Crippen molar-refractivity contribution in [3.05, 3.63) is 71.5 Å². The maximum atomic E-state index is 12.6. The summed E-state index contributed by atoms with van der Waals surface area (Å²) >= 11 is 0. The Bertz CT molecular complexity index is 1110. The predicted octanol–water partition coefficient (Wildman–Crippen LogP) is 4.36. The van der Waals surface area contributed by atoms with Gasteiger partial charge in [-0.05, 0) is 79.5 Å². The van der Waals surface area contributed by atoms with Gasteiger partial charge in [-0.3, -0.25) is 9.19 Å². The van der Waals surface area contributed by atoms with Crippen molar-refractivity contribution in [2.75, 3.05) is 26.4 Å². The SMILES string of the molecule is O=S(c1ccc(C(CC2CCOCC2)c2ccc(-c3ccc(C(CO)CO)cn3)[nH]2)cc1)C1CC1. The molecule has 2 unspecified atom stereocenters. The number of aliphatic hydroxyl groups is 2. The zero-order valence-electron chi connectivity index (χ0n) is 19.9. The lowest BCUT2D eigenvalue weighted by Gasteiger charge is -2.27. The number of aliphatic hydroxyl groups excluding tert-OH is 2. The van der Waals surface area contributed by atoms with E-state index in [1.165, 1.54) is 5.56 Å². The summed E-state index contributed by atoms with van der Waals surface area (Å²) in [6.45, 7) is 1.44. The molecule has 1 saturated carbocycles. The number of hydrogen-bond donors (Lipinski definition) is 3. The Morgan fingerprint density at radius 1 is 0.943 bits per heavy atom. The van der Waals surface area contributed by atoms with E-state index >= 15 is 0 Å². The molecule has 2 atom stereocenters. The van der Waals surface area contributed by atoms with Gasteiger partial charge in [-0.25, -0.2) is 0 Å². The largest absolute Gasteiger partial charge is 0.396 e. The van der Waals surface area contributed by atoms with Gasteiger partial charge < -0.3 is 19.9 Å². The molecule has 0 amide bonds. The molecule has 6 nitrogen and oxygen atoms in total. The molecule has 2 fully saturated rings. The summed E-state index contributed by atoms with van der Waals surface area (Å²) in [4.78, 5) is 9.12. The van der Waals surface area contributed by atoms with Crippen LogP contribution in [-0.2, 0) is 15.5 Å². The van der Waals surface area contributed by atoms with Crippen molar-refractivity contribution in [2.24, 2.45) is 5.92 Å². The Morgan fingerprint density at radius 2 is 1.66 bits per heavy atom. The highest BCUT2D eigenvalue weighted by Gasteiger charge is 2.30. The summed E-state index contributed by atoms with van der Waals surface area (Å²) in [5.41, 5.74) is 4.98. The molecule has 5 rings (SSSR count). The molecule has 35 heavy (non-hydrogen) atoms. The van der Waals surface area contributed by atoms with Crippen LogP contribution in [0.3, 0.4) is 0 Å². The molecule has 3 aromatic rings. The summed E-state index contributed by atoms with van der Waals surface area (Å²) in [5, 5.41) is 19.2. The fourth-order valence-electron chi connectivity index (χ4n) is 4.91. The highest BCUT2D eigenvalue weighted by Crippen LogP contribution is 2.36. The Balaban J connectivity index is 1.39. The first-order chi connectivity index (χ1) is 17.2. The Labute approximate surface area is 209 Å². The Morgan fingerprint density at radius 3 is 2.29 bits per heavy atom. The third-order valence-corrected chi connectivity index (χ3v) is 9.12. The number of aromatic amines is 1. The second-order valence-electron chi connectivity index (χ2n) is 9.78. The van der Waals surface area contributed by atoms with Crippen LogP contribution in [-0.4, -0.2) is 56.1 Å². The monoisotopic (exact) mass is 494 g/mol. The van der Waals surface area contributed by atoms with Gasteiger partial charge in [0.25, 0.3) is 0 Å². The number of benzene rings is 1. The molecular weight excluding hydrogens is 460 g/mol. The smallest absolute Gasteiger partial charge is 0.0864 e. The summed E-state index contributed by atoms with van der Waals surface area (Å²) < 4.78 is 18.2. The molecule has 1 saturated heterocycles. The predicted molar refractivity (Wildman–Crippen MR) is 137 cm³/mol. The first kappa shape index (κ1) is 24.4. The number of hydrogen-bond acceptors (Lipinski definition) is 5. The van der Waals surface area contributed by atoms with Crippen molar-refractivity contribution < 1.29 is 19.2 Å². The van der Waals surface area contributed by atoms with E-state index in [9.17, 15) is 14.4 Å². The van der Waals surface area contributed by atoms with Crippen molar-refractivity contribution in [3.63, 3.8) is 0 Å². The molecule has 2 aliphatic rings. The van der Waals surface area contributed by atoms with Gasteiger partial charge >= 0.3 is 0 Å². The maximum Gasteiger partial charge on any atom is 0.0864 e. The van der Waals surface area contributed by atoms with Crippen LogP contribution in [0.5, 0.6) is 0 Å². The Kier molecular flexibility index (Phi) is 7.78. The van der Waals surface area contributed by atoms with Gasteiger partial charge in [-0.1, -0.05) is 18.2 Å². The first-order valence-corrected chi connectivity index (χ1v) is 13.8. The standard InChI is InChI=1S/C28H34N2O4S/c31-17-22(18-32)21-3-8-27(29-16-21)28-10-9-26(30-28)25(15-19-11-13-34-14-12-19)20-1-4-23(5-2-20)35(33)24-6-7-24/h1-5,8-10,16,19,22,24-25,30-32H,6-7,11-15,17-18H2. The summed E-state index contributed by atoms with van der Waals surface area (Å²) in [5.74, 6) is 0.506. The molecule has 7 heteroatoms. The number of nitrogens with one attached hydrogen (secondary N) is 1. The zero-order chi connectivity index (χ0) is 24.2. The Hall–Kier alpha value is -2.32. The molecule has 0 bridgehead atoms. The van der Waals surface area contributed by atoms with E-state index < -0.39 is 10.8 Å². The van der Waals surface area contributed by atoms with Crippen molar-refractivity contribution in [1.82, 2.24) is 9.97 Å². The third-order valence-electron chi connectivity index (χ3n) is 7.31. The molecule has 1 aromatic carbocycles. The van der Waals surface area contributed by atoms with E-state index in [1.54, 1.807) is 6.20 Å². The van der Waals surface area contributed by atoms with Crippen molar-refractivity contribution in [2.45, 2.75) is 54.1 Å². The minimum absolute atomic E-state index is 0.106. The van der Waals surface area contributed by atoms with E-state index in [-0.39, 0.29) is 25.0 Å². The normalized spacial score (nSPS) is 18.6. The molecule has 3 heterocycles. The van der Waals surface area contributed by atoms with Gasteiger partial charge in [0.2, 0.25) is 0 Å². The van der Waals surface area contributed by atoms with E-state index in [0.717, 1.165) is 72.9 Å². The molecule has 2 aromatic heterocycles. The van der Waals surface area contributed by atoms with Gasteiger partial charge in [-0.15, -0.1) is 0 Å². The highest BCUT2D eigenvalue weighted by molar-refractivity contribution is 7.86. The summed E-state index contributed by atoms with van der Waals surface area (Å²) in [6.07, 6.45) is 7.06. The molecule has 1 aliphatic heterocycles. The van der Waals surface area contributed by atoms with Crippen LogP contribution < -0.4 is 0 Å². The van der Waals surface area contributed by atoms with Crippen LogP contribution in [0, 0.1) is 5.92 Å². The van der Waals surface area contributed by atoms with Crippen molar-refractivity contribution in [3.8, 4) is 11.4 Å². The van der Waals surface area contributed by atoms with Crippen LogP contribution in [0.2, 0.25) is 0 Å². The number of nitrogens with zero attached hydrogens (tertiary/aromatic N) is 1. The highest BCUT2D eigenvalue weighted by atomic mass is 32.2. The summed E-state index contributed by atoms with van der Waals surface area (Å²) in [7, 11) is -0.888. The molecule has 1 aliphatic carbocycles. The second kappa shape index (κ2) is 11.2. The van der Waals surface area contributed by atoms with Crippen LogP contribution in [0.4, 0.5) is 0 Å². The van der Waals surface area contributed by atoms with E-state index in [1.807, 2.05) is 24.3 Å². The fraction of sp³-hybridized carbons (Fsp3) is 0.464. The second-order valence-corrected chi connectivity index (χ2v) is 11.5. The lowest BCUT2D eigenvalue weighted by Crippen LogP contribution is -2.18. The van der Waals surface area contributed by atoms with Gasteiger partial charge in [0, 0.05) is 47.1 Å². The molecular formula is C28H34N2O4S. The topological polar surface area (TPSA) is 95.4 Å². The van der Waals surface area contributed by atoms with Crippen LogP contribution in [0.1, 0.15) is 60.8 Å². The lowest BCUT2D eigenvalue weighted by molar-refractivity contribution is 0.0626. The van der Waals surface area contributed by atoms with Crippen LogP contribution >= 0.6 is 0 Å². The number of H-pyrrole nitrogens is 1. The van der Waals surface area contributed by atoms with E-state index in [2.05, 4.69) is 34.2 Å². The average molecular weight is 495 g/mol. The van der Waals surface area contributed by atoms with E-state index in [4.69, 9.17) is 4.74 Å². The molecule has 0 radical (unpaired) electrons. The minimum atomic E-state index is -0.888. The number of rotatable bonds is 10. The molecule has 3 N–H and O–H groups in total. The van der Waals surface area contributed by atoms with Crippen molar-refractivity contribution in [1.29, 1.82) is 0 Å². The van der Waals surface area contributed by atoms with Crippen molar-refractivity contribution >= 4 is 10.8 Å². The lowest BCUT2D eigenvalue weighted by atomic mass is 9.83. The van der Waals surface area contributed by atoms with Gasteiger partial charge in [0.15, 0.2) is 0 Å². The van der Waals surface area contributed by atoms with Gasteiger partial charge in [-0.2, -0.15) is 0 Å². The zero-order valence-corrected chi connectivity index (χ0v) is 20.8. The molecule has 186 valence electrons. The van der Waals surface area contributed by atoms with Crippen LogP contribution in [0.25, 0.3) is 11.4 Å². The quantitative estimate of drug-likeness (QED) is 0.389. The fourth-order valence-corrected chi connectivity index (χ4v) is 6.26. The summed E-state index contributed by atoms with van der Waals surface area (Å²) in [6, 6.07) is 16.5. The van der Waals surface area contributed by atoms with Crippen LogP contribution in [0.15, 0.2) is 59.6 Å². The molecule has 0 spiro atoms.